The maximum Gasteiger partial charge on any atom is 0.343 e. The van der Waals surface area contributed by atoms with Crippen molar-refractivity contribution in [2.24, 2.45) is 10.8 Å². The summed E-state index contributed by atoms with van der Waals surface area (Å²) < 4.78 is 66.8. The standard InChI is InChI=1S/C50H62O10.C21H22O6/c1-37-46-28-42(59-48(51)39-14-18-41(19-15-39)57-27-11-7-5-9-25-53-32-50(3)35-55-36-50)20-22-44(46)45-23-21-43(29-47(37)45)60-58-30-38-12-16-40(17-13-38)56-26-10-6-4-8-24-52-31-49(2)33-54-34-49;22-21(15-1-3-16(4-2-15)23-11-9-19-13-25-19)27-18-7-5-17(6-8-18)24-12-10-20-14-26-20/h12-23,28-29,37H,4-11,24-27,30-36H2,1-3H3;1-8,19-20H,9-14H2. The van der Waals surface area contributed by atoms with Crippen LogP contribution in [0.5, 0.6) is 40.2 Å². The number of esters is 2. The molecular weight excluding hydrogens is 1110 g/mol. The predicted octanol–water partition coefficient (Wildman–Crippen LogP) is 13.8. The summed E-state index contributed by atoms with van der Waals surface area (Å²) in [6, 6.07) is 40.8. The molecule has 0 aromatic heterocycles. The second-order valence-corrected chi connectivity index (χ2v) is 23.9. The second-order valence-electron chi connectivity index (χ2n) is 23.9. The summed E-state index contributed by atoms with van der Waals surface area (Å²) >= 11 is 0. The fourth-order valence-corrected chi connectivity index (χ4v) is 10.2. The molecule has 464 valence electrons. The highest BCUT2D eigenvalue weighted by molar-refractivity contribution is 5.92. The third kappa shape index (κ3) is 20.0. The van der Waals surface area contributed by atoms with Gasteiger partial charge in [-0.25, -0.2) is 9.59 Å². The maximum atomic E-state index is 13.1. The third-order valence-electron chi connectivity index (χ3n) is 15.8. The minimum atomic E-state index is -0.410. The number of carbonyl (C=O) groups excluding carboxylic acids is 2. The largest absolute Gasteiger partial charge is 0.494 e. The maximum absolute atomic E-state index is 13.1. The topological polar surface area (TPSA) is 170 Å². The van der Waals surface area contributed by atoms with Gasteiger partial charge in [0.1, 0.15) is 41.1 Å². The van der Waals surface area contributed by atoms with Crippen molar-refractivity contribution in [2.45, 2.75) is 110 Å². The van der Waals surface area contributed by atoms with Crippen LogP contribution < -0.4 is 33.3 Å². The summed E-state index contributed by atoms with van der Waals surface area (Å²) in [5, 5.41) is 0. The lowest BCUT2D eigenvalue weighted by Crippen LogP contribution is -2.43. The average Bonchev–Trinajstić information content (AvgIpc) is 1.74. The molecule has 16 nitrogen and oxygen atoms in total. The van der Waals surface area contributed by atoms with E-state index in [2.05, 4.69) is 26.8 Å². The van der Waals surface area contributed by atoms with Crippen LogP contribution in [-0.2, 0) is 39.9 Å². The van der Waals surface area contributed by atoms with E-state index in [9.17, 15) is 9.59 Å². The molecule has 6 aromatic rings. The van der Waals surface area contributed by atoms with Gasteiger partial charge in [-0.3, -0.25) is 0 Å². The predicted molar refractivity (Wildman–Crippen MR) is 328 cm³/mol. The van der Waals surface area contributed by atoms with E-state index in [0.29, 0.717) is 73.6 Å². The van der Waals surface area contributed by atoms with Crippen molar-refractivity contribution in [3.63, 3.8) is 0 Å². The quantitative estimate of drug-likeness (QED) is 0.00908. The molecule has 16 heteroatoms. The van der Waals surface area contributed by atoms with Crippen LogP contribution in [-0.4, -0.2) is 117 Å². The minimum Gasteiger partial charge on any atom is -0.494 e. The molecule has 0 radical (unpaired) electrons. The van der Waals surface area contributed by atoms with Gasteiger partial charge in [-0.15, -0.1) is 0 Å². The normalized spacial score (nSPS) is 17.9. The summed E-state index contributed by atoms with van der Waals surface area (Å²) in [6.07, 6.45) is 11.1. The first kappa shape index (κ1) is 63.0. The van der Waals surface area contributed by atoms with E-state index in [4.69, 9.17) is 66.6 Å². The Bertz CT molecular complexity index is 3080. The molecule has 6 aromatic carbocycles. The molecule has 87 heavy (non-hydrogen) atoms. The first-order chi connectivity index (χ1) is 42.5. The molecule has 0 spiro atoms. The molecular formula is C71H84O16. The van der Waals surface area contributed by atoms with Crippen LogP contribution in [0.3, 0.4) is 0 Å². The zero-order chi connectivity index (χ0) is 60.1. The van der Waals surface area contributed by atoms with Crippen LogP contribution >= 0.6 is 0 Å². The minimum absolute atomic E-state index is 0.0841. The molecule has 5 aliphatic rings. The molecule has 3 unspecified atom stereocenters. The van der Waals surface area contributed by atoms with Crippen molar-refractivity contribution in [1.82, 2.24) is 0 Å². The molecule has 3 atom stereocenters. The van der Waals surface area contributed by atoms with Gasteiger partial charge >= 0.3 is 11.9 Å². The van der Waals surface area contributed by atoms with Gasteiger partial charge in [0.05, 0.1) is 103 Å². The molecule has 4 heterocycles. The van der Waals surface area contributed by atoms with Gasteiger partial charge in [0.25, 0.3) is 0 Å². The zero-order valence-electron chi connectivity index (χ0n) is 50.6. The van der Waals surface area contributed by atoms with Gasteiger partial charge in [-0.1, -0.05) is 57.9 Å². The van der Waals surface area contributed by atoms with Crippen molar-refractivity contribution < 1.29 is 76.2 Å². The number of rotatable bonds is 36. The Balaban J connectivity index is 0.000000257. The summed E-state index contributed by atoms with van der Waals surface area (Å²) in [6.45, 7) is 17.5. The fourth-order valence-electron chi connectivity index (χ4n) is 10.2. The molecule has 0 bridgehead atoms. The van der Waals surface area contributed by atoms with Crippen LogP contribution in [0.15, 0.2) is 133 Å². The Morgan fingerprint density at radius 2 is 0.828 bits per heavy atom. The van der Waals surface area contributed by atoms with Crippen molar-refractivity contribution in [2.75, 3.05) is 92.5 Å². The average molecular weight is 1190 g/mol. The molecule has 0 saturated carbocycles. The Labute approximate surface area is 511 Å². The highest BCUT2D eigenvalue weighted by Crippen LogP contribution is 2.47. The highest BCUT2D eigenvalue weighted by Gasteiger charge is 2.34. The Morgan fingerprint density at radius 1 is 0.448 bits per heavy atom. The first-order valence-corrected chi connectivity index (χ1v) is 31.0. The lowest BCUT2D eigenvalue weighted by molar-refractivity contribution is -0.217. The fraction of sp³-hybridized carbons (Fsp3) is 0.465. The molecule has 4 fully saturated rings. The van der Waals surface area contributed by atoms with Crippen molar-refractivity contribution in [3.8, 4) is 51.4 Å². The van der Waals surface area contributed by atoms with Crippen LogP contribution in [0.4, 0.5) is 0 Å². The van der Waals surface area contributed by atoms with E-state index in [-0.39, 0.29) is 16.7 Å². The molecule has 1 aliphatic carbocycles. The van der Waals surface area contributed by atoms with E-state index >= 15 is 0 Å². The van der Waals surface area contributed by atoms with Gasteiger partial charge < -0.3 is 61.7 Å². The van der Waals surface area contributed by atoms with Gasteiger partial charge in [0.15, 0.2) is 5.75 Å². The van der Waals surface area contributed by atoms with Gasteiger partial charge in [0, 0.05) is 42.8 Å². The molecule has 0 N–H and O–H groups in total. The van der Waals surface area contributed by atoms with Crippen LogP contribution in [0.1, 0.15) is 128 Å². The molecule has 4 saturated heterocycles. The van der Waals surface area contributed by atoms with Crippen molar-refractivity contribution in [1.29, 1.82) is 0 Å². The third-order valence-corrected chi connectivity index (χ3v) is 15.8. The number of hydrogen-bond acceptors (Lipinski definition) is 16. The van der Waals surface area contributed by atoms with E-state index in [1.807, 2.05) is 66.7 Å². The van der Waals surface area contributed by atoms with Gasteiger partial charge in [-0.05, 0) is 176 Å². The highest BCUT2D eigenvalue weighted by atomic mass is 17.2. The lowest BCUT2D eigenvalue weighted by Gasteiger charge is -2.37. The summed E-state index contributed by atoms with van der Waals surface area (Å²) in [5.41, 5.74) is 6.84. The number of carbonyl (C=O) groups is 2. The van der Waals surface area contributed by atoms with Crippen molar-refractivity contribution in [3.05, 3.63) is 161 Å². The molecule has 11 rings (SSSR count). The Kier molecular flexibility index (Phi) is 23.0. The van der Waals surface area contributed by atoms with Crippen LogP contribution in [0.25, 0.3) is 11.1 Å². The Morgan fingerprint density at radius 3 is 1.28 bits per heavy atom. The van der Waals surface area contributed by atoms with Crippen LogP contribution in [0, 0.1) is 10.8 Å². The molecule has 4 aliphatic heterocycles. The number of benzene rings is 6. The van der Waals surface area contributed by atoms with E-state index < -0.39 is 11.9 Å². The van der Waals surface area contributed by atoms with E-state index in [1.54, 1.807) is 60.7 Å². The van der Waals surface area contributed by atoms with Crippen LogP contribution in [0.2, 0.25) is 0 Å². The SMILES string of the molecule is CC1c2cc(OOCc3ccc(OCCCCCCOCC4(C)COC4)cc3)ccc2-c2ccc(OC(=O)c3ccc(OCCCCCCOCC4(C)COC4)cc3)cc21.O=C(Oc1ccc(OCCC2CO2)cc1)c1ccc(OCCC2CO2)cc1. The van der Waals surface area contributed by atoms with E-state index in [1.165, 1.54) is 0 Å². The van der Waals surface area contributed by atoms with Gasteiger partial charge in [-0.2, -0.15) is 4.89 Å². The lowest BCUT2D eigenvalue weighted by atomic mass is 9.90. The Hall–Kier alpha value is -7.02. The van der Waals surface area contributed by atoms with Gasteiger partial charge in [0.2, 0.25) is 0 Å². The number of epoxide rings is 2. The zero-order valence-corrected chi connectivity index (χ0v) is 50.6. The second kappa shape index (κ2) is 31.8. The first-order valence-electron chi connectivity index (χ1n) is 31.0. The summed E-state index contributed by atoms with van der Waals surface area (Å²) in [5.74, 6) is 3.94. The monoisotopic (exact) mass is 1190 g/mol. The number of fused-ring (bicyclic) bond motifs is 3. The molecule has 0 amide bonds. The smallest absolute Gasteiger partial charge is 0.343 e. The summed E-state index contributed by atoms with van der Waals surface area (Å²) in [4.78, 5) is 36.7. The number of unbranched alkanes of at least 4 members (excludes halogenated alkanes) is 6. The summed E-state index contributed by atoms with van der Waals surface area (Å²) in [7, 11) is 0. The van der Waals surface area contributed by atoms with Crippen molar-refractivity contribution >= 4 is 11.9 Å². The number of hydrogen-bond donors (Lipinski definition) is 0. The number of ether oxygens (including phenoxy) is 12. The van der Waals surface area contributed by atoms with E-state index in [0.717, 1.165) is 181 Å².